The van der Waals surface area contributed by atoms with E-state index in [1.165, 1.54) is 0 Å². The van der Waals surface area contributed by atoms with Gasteiger partial charge in [0.2, 0.25) is 0 Å². The first-order valence-electron chi connectivity index (χ1n) is 5.34. The SMILES string of the molecule is Cc1nc(CCCC(=O)C(C)(C)C)cs1. The van der Waals surface area contributed by atoms with Crippen LogP contribution in [0.1, 0.15) is 44.3 Å². The Morgan fingerprint density at radius 2 is 2.13 bits per heavy atom. The van der Waals surface area contributed by atoms with Crippen LogP contribution in [0.3, 0.4) is 0 Å². The highest BCUT2D eigenvalue weighted by molar-refractivity contribution is 7.09. The number of hydrogen-bond donors (Lipinski definition) is 0. The Labute approximate surface area is 95.7 Å². The minimum absolute atomic E-state index is 0.196. The molecule has 1 heterocycles. The summed E-state index contributed by atoms with van der Waals surface area (Å²) in [6.07, 6.45) is 2.51. The molecule has 2 nitrogen and oxygen atoms in total. The summed E-state index contributed by atoms with van der Waals surface area (Å²) in [6.45, 7) is 7.93. The molecule has 0 fully saturated rings. The fourth-order valence-corrected chi connectivity index (χ4v) is 1.98. The lowest BCUT2D eigenvalue weighted by molar-refractivity contribution is -0.126. The van der Waals surface area contributed by atoms with Crippen molar-refractivity contribution >= 4 is 17.1 Å². The van der Waals surface area contributed by atoms with E-state index in [1.54, 1.807) is 11.3 Å². The summed E-state index contributed by atoms with van der Waals surface area (Å²) < 4.78 is 0. The molecule has 0 aliphatic rings. The quantitative estimate of drug-likeness (QED) is 0.786. The van der Waals surface area contributed by atoms with E-state index in [2.05, 4.69) is 10.4 Å². The van der Waals surface area contributed by atoms with E-state index in [9.17, 15) is 4.79 Å². The zero-order valence-corrected chi connectivity index (χ0v) is 10.8. The molecular formula is C12H19NOS. The molecule has 0 radical (unpaired) electrons. The molecule has 0 N–H and O–H groups in total. The second kappa shape index (κ2) is 4.88. The minimum Gasteiger partial charge on any atom is -0.299 e. The van der Waals surface area contributed by atoms with Gasteiger partial charge in [0.25, 0.3) is 0 Å². The number of thiazole rings is 1. The maximum absolute atomic E-state index is 11.6. The summed E-state index contributed by atoms with van der Waals surface area (Å²) in [7, 11) is 0. The Morgan fingerprint density at radius 1 is 1.47 bits per heavy atom. The second-order valence-corrected chi connectivity index (χ2v) is 5.95. The van der Waals surface area contributed by atoms with Gasteiger partial charge in [0.15, 0.2) is 0 Å². The van der Waals surface area contributed by atoms with E-state index < -0.39 is 0 Å². The highest BCUT2D eigenvalue weighted by atomic mass is 32.1. The van der Waals surface area contributed by atoms with Gasteiger partial charge in [0.1, 0.15) is 5.78 Å². The number of carbonyl (C=O) groups is 1. The molecule has 3 heteroatoms. The highest BCUT2D eigenvalue weighted by Gasteiger charge is 2.20. The van der Waals surface area contributed by atoms with Crippen molar-refractivity contribution in [2.24, 2.45) is 5.41 Å². The second-order valence-electron chi connectivity index (χ2n) is 4.88. The maximum Gasteiger partial charge on any atom is 0.138 e. The van der Waals surface area contributed by atoms with Crippen molar-refractivity contribution in [1.82, 2.24) is 4.98 Å². The van der Waals surface area contributed by atoms with E-state index in [4.69, 9.17) is 0 Å². The molecular weight excluding hydrogens is 206 g/mol. The van der Waals surface area contributed by atoms with Gasteiger partial charge >= 0.3 is 0 Å². The Bertz CT molecular complexity index is 336. The van der Waals surface area contributed by atoms with Gasteiger partial charge in [-0.3, -0.25) is 4.79 Å². The van der Waals surface area contributed by atoms with Crippen LogP contribution in [-0.4, -0.2) is 10.8 Å². The van der Waals surface area contributed by atoms with E-state index >= 15 is 0 Å². The van der Waals surface area contributed by atoms with Crippen LogP contribution in [0.5, 0.6) is 0 Å². The average molecular weight is 225 g/mol. The Kier molecular flexibility index (Phi) is 4.03. The Balaban J connectivity index is 2.31. The molecule has 0 saturated carbocycles. The maximum atomic E-state index is 11.6. The van der Waals surface area contributed by atoms with Crippen LogP contribution in [0.15, 0.2) is 5.38 Å². The third kappa shape index (κ3) is 4.12. The summed E-state index contributed by atoms with van der Waals surface area (Å²) in [5, 5.41) is 3.18. The summed E-state index contributed by atoms with van der Waals surface area (Å²) in [6, 6.07) is 0. The molecule has 1 aromatic rings. The number of rotatable bonds is 4. The summed E-state index contributed by atoms with van der Waals surface area (Å²) >= 11 is 1.67. The predicted molar refractivity (Wildman–Crippen MR) is 64.3 cm³/mol. The predicted octanol–water partition coefficient (Wildman–Crippen LogP) is 3.39. The van der Waals surface area contributed by atoms with Crippen molar-refractivity contribution in [1.29, 1.82) is 0 Å². The molecule has 0 aromatic carbocycles. The van der Waals surface area contributed by atoms with Gasteiger partial charge in [0, 0.05) is 17.2 Å². The van der Waals surface area contributed by atoms with E-state index in [0.29, 0.717) is 12.2 Å². The molecule has 0 amide bonds. The van der Waals surface area contributed by atoms with Gasteiger partial charge in [0.05, 0.1) is 10.7 Å². The molecule has 0 aliphatic carbocycles. The summed E-state index contributed by atoms with van der Waals surface area (Å²) in [5.74, 6) is 0.342. The smallest absolute Gasteiger partial charge is 0.138 e. The molecule has 0 unspecified atom stereocenters. The van der Waals surface area contributed by atoms with Crippen LogP contribution >= 0.6 is 11.3 Å². The number of Topliss-reactive ketones (excluding diaryl/α,β-unsaturated/α-hetero) is 1. The molecule has 1 aromatic heterocycles. The van der Waals surface area contributed by atoms with Crippen molar-refractivity contribution < 1.29 is 4.79 Å². The molecule has 84 valence electrons. The first kappa shape index (κ1) is 12.4. The lowest BCUT2D eigenvalue weighted by Gasteiger charge is -2.15. The van der Waals surface area contributed by atoms with Gasteiger partial charge in [-0.15, -0.1) is 11.3 Å². The van der Waals surface area contributed by atoms with Crippen LogP contribution in [0.2, 0.25) is 0 Å². The summed E-state index contributed by atoms with van der Waals surface area (Å²) in [4.78, 5) is 16.0. The minimum atomic E-state index is -0.196. The number of hydrogen-bond acceptors (Lipinski definition) is 3. The third-order valence-electron chi connectivity index (χ3n) is 2.34. The van der Waals surface area contributed by atoms with Crippen LogP contribution in [0.4, 0.5) is 0 Å². The van der Waals surface area contributed by atoms with Gasteiger partial charge in [-0.1, -0.05) is 20.8 Å². The molecule has 1 rings (SSSR count). The fourth-order valence-electron chi connectivity index (χ4n) is 1.33. The zero-order valence-electron chi connectivity index (χ0n) is 9.96. The van der Waals surface area contributed by atoms with Crippen LogP contribution in [0.25, 0.3) is 0 Å². The highest BCUT2D eigenvalue weighted by Crippen LogP contribution is 2.19. The first-order chi connectivity index (χ1) is 6.89. The average Bonchev–Trinajstić information content (AvgIpc) is 2.49. The monoisotopic (exact) mass is 225 g/mol. The van der Waals surface area contributed by atoms with Crippen molar-refractivity contribution in [2.45, 2.75) is 47.0 Å². The van der Waals surface area contributed by atoms with Crippen molar-refractivity contribution in [3.8, 4) is 0 Å². The first-order valence-corrected chi connectivity index (χ1v) is 6.22. The van der Waals surface area contributed by atoms with Gasteiger partial charge in [-0.25, -0.2) is 4.98 Å². The van der Waals surface area contributed by atoms with Gasteiger partial charge < -0.3 is 0 Å². The van der Waals surface area contributed by atoms with Crippen molar-refractivity contribution in [2.75, 3.05) is 0 Å². The lowest BCUT2D eigenvalue weighted by Crippen LogP contribution is -2.19. The van der Waals surface area contributed by atoms with Crippen LogP contribution in [0, 0.1) is 12.3 Å². The Morgan fingerprint density at radius 3 is 2.60 bits per heavy atom. The number of nitrogens with zero attached hydrogens (tertiary/aromatic N) is 1. The Hall–Kier alpha value is -0.700. The van der Waals surface area contributed by atoms with E-state index in [0.717, 1.165) is 23.5 Å². The fraction of sp³-hybridized carbons (Fsp3) is 0.667. The number of carbonyl (C=O) groups excluding carboxylic acids is 1. The van der Waals surface area contributed by atoms with Crippen molar-refractivity contribution in [3.05, 3.63) is 16.1 Å². The van der Waals surface area contributed by atoms with Crippen molar-refractivity contribution in [3.63, 3.8) is 0 Å². The standard InChI is InChI=1S/C12H19NOS/c1-9-13-10(8-15-9)6-5-7-11(14)12(2,3)4/h8H,5-7H2,1-4H3. The molecule has 0 spiro atoms. The van der Waals surface area contributed by atoms with Crippen LogP contribution in [-0.2, 0) is 11.2 Å². The van der Waals surface area contributed by atoms with E-state index in [1.807, 2.05) is 27.7 Å². The normalized spacial score (nSPS) is 11.7. The number of aryl methyl sites for hydroxylation is 2. The third-order valence-corrected chi connectivity index (χ3v) is 3.16. The topological polar surface area (TPSA) is 30.0 Å². The number of aromatic nitrogens is 1. The van der Waals surface area contributed by atoms with Crippen LogP contribution < -0.4 is 0 Å². The van der Waals surface area contributed by atoms with E-state index in [-0.39, 0.29) is 5.41 Å². The van der Waals surface area contributed by atoms with Gasteiger partial charge in [-0.05, 0) is 19.8 Å². The molecule has 0 atom stereocenters. The molecule has 0 aliphatic heterocycles. The number of ketones is 1. The summed E-state index contributed by atoms with van der Waals surface area (Å²) in [5.41, 5.74) is 0.928. The lowest BCUT2D eigenvalue weighted by atomic mass is 9.88. The molecule has 0 saturated heterocycles. The largest absolute Gasteiger partial charge is 0.299 e. The molecule has 0 bridgehead atoms. The molecule has 15 heavy (non-hydrogen) atoms. The van der Waals surface area contributed by atoms with Gasteiger partial charge in [-0.2, -0.15) is 0 Å². The zero-order chi connectivity index (χ0) is 11.5.